The summed E-state index contributed by atoms with van der Waals surface area (Å²) in [5, 5.41) is 12.8. The SMILES string of the molecule is CNC1(CO)CCN(c2ccc(Br)c(C)c2)CC1. The molecule has 0 radical (unpaired) electrons. The molecule has 1 aliphatic heterocycles. The van der Waals surface area contributed by atoms with Crippen molar-refractivity contribution in [1.82, 2.24) is 5.32 Å². The molecule has 2 N–H and O–H groups in total. The van der Waals surface area contributed by atoms with Gasteiger partial charge in [0, 0.05) is 28.8 Å². The summed E-state index contributed by atoms with van der Waals surface area (Å²) in [6.07, 6.45) is 1.96. The Morgan fingerprint density at radius 3 is 2.56 bits per heavy atom. The monoisotopic (exact) mass is 312 g/mol. The summed E-state index contributed by atoms with van der Waals surface area (Å²) in [6.45, 7) is 4.31. The van der Waals surface area contributed by atoms with Crippen LogP contribution >= 0.6 is 15.9 Å². The van der Waals surface area contributed by atoms with Crippen LogP contribution in [0.1, 0.15) is 18.4 Å². The van der Waals surface area contributed by atoms with Crippen LogP contribution in [0.25, 0.3) is 0 Å². The normalized spacial score (nSPS) is 19.0. The number of nitrogens with zero attached hydrogens (tertiary/aromatic N) is 1. The number of aliphatic hydroxyl groups excluding tert-OH is 1. The minimum absolute atomic E-state index is 0.0824. The lowest BCUT2D eigenvalue weighted by Gasteiger charge is -2.41. The molecule has 1 aromatic carbocycles. The molecular weight excluding hydrogens is 292 g/mol. The molecule has 0 bridgehead atoms. The first-order chi connectivity index (χ1) is 8.60. The molecule has 0 aromatic heterocycles. The minimum Gasteiger partial charge on any atom is -0.394 e. The molecule has 0 saturated carbocycles. The van der Waals surface area contributed by atoms with Crippen molar-refractivity contribution >= 4 is 21.6 Å². The number of benzene rings is 1. The van der Waals surface area contributed by atoms with Gasteiger partial charge in [-0.15, -0.1) is 0 Å². The van der Waals surface area contributed by atoms with Crippen LogP contribution in [0.15, 0.2) is 22.7 Å². The van der Waals surface area contributed by atoms with Crippen molar-refractivity contribution in [1.29, 1.82) is 0 Å². The van der Waals surface area contributed by atoms with Crippen LogP contribution in [0.5, 0.6) is 0 Å². The highest BCUT2D eigenvalue weighted by molar-refractivity contribution is 9.10. The van der Waals surface area contributed by atoms with Gasteiger partial charge in [0.15, 0.2) is 0 Å². The number of hydrogen-bond donors (Lipinski definition) is 2. The Balaban J connectivity index is 2.07. The number of likely N-dealkylation sites (N-methyl/N-ethyl adjacent to an activating group) is 1. The zero-order chi connectivity index (χ0) is 13.2. The average molecular weight is 313 g/mol. The predicted molar refractivity (Wildman–Crippen MR) is 79.2 cm³/mol. The molecule has 3 nitrogen and oxygen atoms in total. The zero-order valence-corrected chi connectivity index (χ0v) is 12.6. The summed E-state index contributed by atoms with van der Waals surface area (Å²) in [5.41, 5.74) is 2.46. The van der Waals surface area contributed by atoms with E-state index < -0.39 is 0 Å². The maximum atomic E-state index is 9.49. The summed E-state index contributed by atoms with van der Waals surface area (Å²) in [7, 11) is 1.94. The van der Waals surface area contributed by atoms with Crippen LogP contribution in [0.2, 0.25) is 0 Å². The van der Waals surface area contributed by atoms with Crippen molar-refractivity contribution in [3.8, 4) is 0 Å². The van der Waals surface area contributed by atoms with E-state index in [-0.39, 0.29) is 12.1 Å². The van der Waals surface area contributed by atoms with E-state index in [2.05, 4.69) is 51.3 Å². The molecule has 0 aliphatic carbocycles. The molecule has 1 heterocycles. The van der Waals surface area contributed by atoms with Crippen LogP contribution in [-0.4, -0.2) is 37.4 Å². The van der Waals surface area contributed by atoms with E-state index in [0.29, 0.717) is 0 Å². The lowest BCUT2D eigenvalue weighted by atomic mass is 9.88. The van der Waals surface area contributed by atoms with Gasteiger partial charge in [-0.3, -0.25) is 0 Å². The van der Waals surface area contributed by atoms with E-state index in [1.807, 2.05) is 7.05 Å². The van der Waals surface area contributed by atoms with Crippen molar-refractivity contribution in [3.05, 3.63) is 28.2 Å². The number of rotatable bonds is 3. The first kappa shape index (κ1) is 13.8. The highest BCUT2D eigenvalue weighted by Gasteiger charge is 2.32. The van der Waals surface area contributed by atoms with Gasteiger partial charge in [-0.1, -0.05) is 15.9 Å². The van der Waals surface area contributed by atoms with Gasteiger partial charge >= 0.3 is 0 Å². The predicted octanol–water partition coefficient (Wildman–Crippen LogP) is 2.31. The van der Waals surface area contributed by atoms with Gasteiger partial charge in [0.1, 0.15) is 0 Å². The fourth-order valence-electron chi connectivity index (χ4n) is 2.51. The van der Waals surface area contributed by atoms with Gasteiger partial charge in [-0.2, -0.15) is 0 Å². The van der Waals surface area contributed by atoms with Gasteiger partial charge in [0.2, 0.25) is 0 Å². The quantitative estimate of drug-likeness (QED) is 0.899. The topological polar surface area (TPSA) is 35.5 Å². The third-order valence-electron chi connectivity index (χ3n) is 4.06. The van der Waals surface area contributed by atoms with Gasteiger partial charge in [-0.25, -0.2) is 0 Å². The molecule has 0 unspecified atom stereocenters. The number of aliphatic hydroxyl groups is 1. The van der Waals surface area contributed by atoms with Gasteiger partial charge in [0.25, 0.3) is 0 Å². The molecule has 4 heteroatoms. The Bertz CT molecular complexity index is 408. The molecule has 18 heavy (non-hydrogen) atoms. The third kappa shape index (κ3) is 2.71. The van der Waals surface area contributed by atoms with Crippen LogP contribution in [0, 0.1) is 6.92 Å². The van der Waals surface area contributed by atoms with Crippen molar-refractivity contribution in [2.75, 3.05) is 31.6 Å². The Labute approximate surface area is 117 Å². The molecule has 1 fully saturated rings. The fraction of sp³-hybridized carbons (Fsp3) is 0.571. The number of halogens is 1. The van der Waals surface area contributed by atoms with E-state index >= 15 is 0 Å². The Morgan fingerprint density at radius 2 is 2.06 bits per heavy atom. The maximum Gasteiger partial charge on any atom is 0.0614 e. The van der Waals surface area contributed by atoms with Crippen LogP contribution < -0.4 is 10.2 Å². The van der Waals surface area contributed by atoms with E-state index in [1.54, 1.807) is 0 Å². The first-order valence-corrected chi connectivity index (χ1v) is 7.20. The second-order valence-electron chi connectivity index (χ2n) is 5.11. The summed E-state index contributed by atoms with van der Waals surface area (Å²) < 4.78 is 1.16. The van der Waals surface area contributed by atoms with E-state index in [4.69, 9.17) is 0 Å². The summed E-state index contributed by atoms with van der Waals surface area (Å²) in [5.74, 6) is 0. The van der Waals surface area contributed by atoms with Crippen molar-refractivity contribution in [3.63, 3.8) is 0 Å². The van der Waals surface area contributed by atoms with Crippen molar-refractivity contribution in [2.24, 2.45) is 0 Å². The molecule has 0 spiro atoms. The number of anilines is 1. The van der Waals surface area contributed by atoms with Gasteiger partial charge < -0.3 is 15.3 Å². The minimum atomic E-state index is -0.0824. The largest absolute Gasteiger partial charge is 0.394 e. The Hall–Kier alpha value is -0.580. The second kappa shape index (κ2) is 5.59. The third-order valence-corrected chi connectivity index (χ3v) is 4.95. The highest BCUT2D eigenvalue weighted by atomic mass is 79.9. The molecule has 0 atom stereocenters. The lowest BCUT2D eigenvalue weighted by Crippen LogP contribution is -2.54. The number of piperidine rings is 1. The molecule has 1 aliphatic rings. The standard InChI is InChI=1S/C14H21BrN2O/c1-11-9-12(3-4-13(11)15)17-7-5-14(10-18,16-2)6-8-17/h3-4,9,16,18H,5-8,10H2,1-2H3. The number of aryl methyl sites for hydroxylation is 1. The fourth-order valence-corrected chi connectivity index (χ4v) is 2.75. The zero-order valence-electron chi connectivity index (χ0n) is 11.0. The second-order valence-corrected chi connectivity index (χ2v) is 5.96. The smallest absolute Gasteiger partial charge is 0.0614 e. The molecule has 100 valence electrons. The van der Waals surface area contributed by atoms with Gasteiger partial charge in [0.05, 0.1) is 6.61 Å². The molecule has 1 saturated heterocycles. The molecule has 0 amide bonds. The first-order valence-electron chi connectivity index (χ1n) is 6.41. The van der Waals surface area contributed by atoms with E-state index in [9.17, 15) is 5.11 Å². The van der Waals surface area contributed by atoms with Crippen LogP contribution in [0.3, 0.4) is 0 Å². The Morgan fingerprint density at radius 1 is 1.39 bits per heavy atom. The van der Waals surface area contributed by atoms with Crippen LogP contribution in [-0.2, 0) is 0 Å². The maximum absolute atomic E-state index is 9.49. The Kier molecular flexibility index (Phi) is 4.30. The molecule has 2 rings (SSSR count). The summed E-state index contributed by atoms with van der Waals surface area (Å²) in [6, 6.07) is 6.48. The summed E-state index contributed by atoms with van der Waals surface area (Å²) >= 11 is 3.53. The molecular formula is C14H21BrN2O. The highest BCUT2D eigenvalue weighted by Crippen LogP contribution is 2.28. The number of nitrogens with one attached hydrogen (secondary N) is 1. The van der Waals surface area contributed by atoms with Crippen molar-refractivity contribution in [2.45, 2.75) is 25.3 Å². The van der Waals surface area contributed by atoms with Gasteiger partial charge in [-0.05, 0) is 50.6 Å². The molecule has 1 aromatic rings. The summed E-state index contributed by atoms with van der Waals surface area (Å²) in [4.78, 5) is 2.39. The average Bonchev–Trinajstić information content (AvgIpc) is 2.42. The lowest BCUT2D eigenvalue weighted by molar-refractivity contribution is 0.142. The van der Waals surface area contributed by atoms with E-state index in [0.717, 1.165) is 30.4 Å². The van der Waals surface area contributed by atoms with Crippen LogP contribution in [0.4, 0.5) is 5.69 Å². The number of hydrogen-bond acceptors (Lipinski definition) is 3. The van der Waals surface area contributed by atoms with E-state index in [1.165, 1.54) is 11.3 Å². The van der Waals surface area contributed by atoms with Crippen molar-refractivity contribution < 1.29 is 5.11 Å².